The average Bonchev–Trinajstić information content (AvgIpc) is 2.87. The lowest BCUT2D eigenvalue weighted by Crippen LogP contribution is -2.44. The van der Waals surface area contributed by atoms with Gasteiger partial charge < -0.3 is 4.74 Å². The Bertz CT molecular complexity index is 673. The number of ether oxygens (including phenoxy) is 1. The fraction of sp³-hybridized carbons (Fsp3) is 0.600. The van der Waals surface area contributed by atoms with Gasteiger partial charge in [0.05, 0.1) is 18.9 Å². The SMILES string of the molecule is CC(C)(C)OC(=O)N1C(COS(C)(=O)=O)CSC1c1cccnc1. The van der Waals surface area contributed by atoms with Crippen LogP contribution in [0.15, 0.2) is 24.5 Å². The van der Waals surface area contributed by atoms with Crippen LogP contribution >= 0.6 is 11.8 Å². The Kier molecular flexibility index (Phi) is 5.77. The van der Waals surface area contributed by atoms with Crippen molar-refractivity contribution in [2.24, 2.45) is 0 Å². The van der Waals surface area contributed by atoms with E-state index in [0.29, 0.717) is 5.75 Å². The minimum absolute atomic E-state index is 0.0954. The number of amides is 1. The van der Waals surface area contributed by atoms with E-state index in [0.717, 1.165) is 11.8 Å². The first-order valence-electron chi connectivity index (χ1n) is 7.44. The Morgan fingerprint density at radius 2 is 2.17 bits per heavy atom. The molecule has 24 heavy (non-hydrogen) atoms. The molecule has 1 aromatic heterocycles. The van der Waals surface area contributed by atoms with Crippen molar-refractivity contribution >= 4 is 28.0 Å². The van der Waals surface area contributed by atoms with E-state index in [2.05, 4.69) is 4.98 Å². The molecule has 1 aromatic rings. The van der Waals surface area contributed by atoms with Gasteiger partial charge in [-0.2, -0.15) is 8.42 Å². The third-order valence-electron chi connectivity index (χ3n) is 3.14. The van der Waals surface area contributed by atoms with Crippen LogP contribution in [0.2, 0.25) is 0 Å². The van der Waals surface area contributed by atoms with Gasteiger partial charge in [0.2, 0.25) is 0 Å². The van der Waals surface area contributed by atoms with Crippen molar-refractivity contribution in [2.75, 3.05) is 18.6 Å². The lowest BCUT2D eigenvalue weighted by Gasteiger charge is -2.31. The van der Waals surface area contributed by atoms with Crippen molar-refractivity contribution in [1.82, 2.24) is 9.88 Å². The van der Waals surface area contributed by atoms with E-state index < -0.39 is 27.9 Å². The second-order valence-corrected chi connectivity index (χ2v) is 9.26. The van der Waals surface area contributed by atoms with Crippen LogP contribution in [0.4, 0.5) is 4.79 Å². The van der Waals surface area contributed by atoms with Crippen LogP contribution in [0, 0.1) is 0 Å². The predicted octanol–water partition coefficient (Wildman–Crippen LogP) is 2.41. The lowest BCUT2D eigenvalue weighted by atomic mass is 10.2. The van der Waals surface area contributed by atoms with Gasteiger partial charge in [-0.1, -0.05) is 6.07 Å². The molecule has 2 atom stereocenters. The number of pyridine rings is 1. The van der Waals surface area contributed by atoms with Gasteiger partial charge in [-0.05, 0) is 26.8 Å². The molecule has 0 spiro atoms. The summed E-state index contributed by atoms with van der Waals surface area (Å²) in [6.07, 6.45) is 3.84. The van der Waals surface area contributed by atoms with Crippen molar-refractivity contribution in [1.29, 1.82) is 0 Å². The van der Waals surface area contributed by atoms with Gasteiger partial charge in [-0.3, -0.25) is 14.1 Å². The summed E-state index contributed by atoms with van der Waals surface area (Å²) in [4.78, 5) is 18.3. The van der Waals surface area contributed by atoms with Gasteiger partial charge in [0.15, 0.2) is 0 Å². The highest BCUT2D eigenvalue weighted by Gasteiger charge is 2.41. The quantitative estimate of drug-likeness (QED) is 0.748. The van der Waals surface area contributed by atoms with Gasteiger partial charge in [-0.15, -0.1) is 11.8 Å². The van der Waals surface area contributed by atoms with Crippen LogP contribution < -0.4 is 0 Å². The number of carbonyl (C=O) groups excluding carboxylic acids is 1. The first kappa shape index (κ1) is 19.0. The summed E-state index contributed by atoms with van der Waals surface area (Å²) in [5.74, 6) is 0.550. The zero-order chi connectivity index (χ0) is 18.0. The van der Waals surface area contributed by atoms with Gasteiger partial charge in [0.1, 0.15) is 11.0 Å². The number of nitrogens with zero attached hydrogens (tertiary/aromatic N) is 2. The van der Waals surface area contributed by atoms with Crippen LogP contribution in [0.25, 0.3) is 0 Å². The highest BCUT2D eigenvalue weighted by molar-refractivity contribution is 7.99. The zero-order valence-electron chi connectivity index (χ0n) is 14.1. The molecule has 0 N–H and O–H groups in total. The molecule has 134 valence electrons. The molecule has 1 amide bonds. The fourth-order valence-electron chi connectivity index (χ4n) is 2.22. The first-order chi connectivity index (χ1) is 11.1. The summed E-state index contributed by atoms with van der Waals surface area (Å²) in [6, 6.07) is 3.27. The van der Waals surface area contributed by atoms with Gasteiger partial charge in [-0.25, -0.2) is 4.79 Å². The standard InChI is InChI=1S/C15H22N2O5S2/c1-15(2,3)22-14(18)17-12(9-21-24(4,19)20)10-23-13(17)11-6-5-7-16-8-11/h5-8,12-13H,9-10H2,1-4H3. The Morgan fingerprint density at radius 1 is 1.46 bits per heavy atom. The number of thioether (sulfide) groups is 1. The van der Waals surface area contributed by atoms with E-state index in [1.807, 2.05) is 6.07 Å². The van der Waals surface area contributed by atoms with Crippen molar-refractivity contribution in [2.45, 2.75) is 37.8 Å². The largest absolute Gasteiger partial charge is 0.444 e. The van der Waals surface area contributed by atoms with Crippen molar-refractivity contribution < 1.29 is 22.1 Å². The van der Waals surface area contributed by atoms with E-state index in [-0.39, 0.29) is 12.0 Å². The maximum Gasteiger partial charge on any atom is 0.411 e. The summed E-state index contributed by atoms with van der Waals surface area (Å²) in [6.45, 7) is 5.27. The summed E-state index contributed by atoms with van der Waals surface area (Å²) < 4.78 is 32.9. The maximum atomic E-state index is 12.6. The number of hydrogen-bond donors (Lipinski definition) is 0. The Labute approximate surface area is 146 Å². The predicted molar refractivity (Wildman–Crippen MR) is 92.1 cm³/mol. The maximum absolute atomic E-state index is 12.6. The molecule has 0 saturated carbocycles. The molecule has 0 aliphatic carbocycles. The monoisotopic (exact) mass is 374 g/mol. The molecule has 2 heterocycles. The van der Waals surface area contributed by atoms with Crippen LogP contribution in [-0.4, -0.2) is 54.7 Å². The molecule has 2 unspecified atom stereocenters. The molecule has 1 aliphatic rings. The van der Waals surface area contributed by atoms with Crippen LogP contribution in [-0.2, 0) is 19.0 Å². The normalized spacial score (nSPS) is 21.8. The molecule has 0 bridgehead atoms. The summed E-state index contributed by atoms with van der Waals surface area (Å²) >= 11 is 1.53. The fourth-order valence-corrected chi connectivity index (χ4v) is 4.04. The second kappa shape index (κ2) is 7.28. The lowest BCUT2D eigenvalue weighted by molar-refractivity contribution is 0.0132. The molecule has 1 fully saturated rings. The number of carbonyl (C=O) groups is 1. The van der Waals surface area contributed by atoms with E-state index in [4.69, 9.17) is 8.92 Å². The molecular weight excluding hydrogens is 352 g/mol. The van der Waals surface area contributed by atoms with E-state index in [9.17, 15) is 13.2 Å². The molecule has 0 radical (unpaired) electrons. The Morgan fingerprint density at radius 3 is 2.71 bits per heavy atom. The summed E-state index contributed by atoms with van der Waals surface area (Å²) in [5, 5.41) is -0.290. The summed E-state index contributed by atoms with van der Waals surface area (Å²) in [5.41, 5.74) is 0.210. The summed E-state index contributed by atoms with van der Waals surface area (Å²) in [7, 11) is -3.58. The van der Waals surface area contributed by atoms with E-state index >= 15 is 0 Å². The molecule has 1 aliphatic heterocycles. The molecular formula is C15H22N2O5S2. The van der Waals surface area contributed by atoms with Crippen molar-refractivity contribution in [3.63, 3.8) is 0 Å². The molecule has 0 aromatic carbocycles. The van der Waals surface area contributed by atoms with Crippen molar-refractivity contribution in [3.05, 3.63) is 30.1 Å². The van der Waals surface area contributed by atoms with E-state index in [1.54, 1.807) is 39.2 Å². The zero-order valence-corrected chi connectivity index (χ0v) is 15.8. The van der Waals surface area contributed by atoms with Crippen molar-refractivity contribution in [3.8, 4) is 0 Å². The average molecular weight is 374 g/mol. The van der Waals surface area contributed by atoms with Crippen LogP contribution in [0.5, 0.6) is 0 Å². The third-order valence-corrected chi connectivity index (χ3v) is 5.10. The number of aromatic nitrogens is 1. The minimum Gasteiger partial charge on any atom is -0.444 e. The number of rotatable bonds is 4. The van der Waals surface area contributed by atoms with Gasteiger partial charge >= 0.3 is 6.09 Å². The second-order valence-electron chi connectivity index (χ2n) is 6.50. The molecule has 2 rings (SSSR count). The third kappa shape index (κ3) is 5.35. The molecule has 1 saturated heterocycles. The first-order valence-corrected chi connectivity index (χ1v) is 10.3. The van der Waals surface area contributed by atoms with Crippen LogP contribution in [0.3, 0.4) is 0 Å². The highest BCUT2D eigenvalue weighted by Crippen LogP contribution is 2.42. The Hall–Kier alpha value is -1.32. The highest BCUT2D eigenvalue weighted by atomic mass is 32.2. The van der Waals surface area contributed by atoms with Gasteiger partial charge in [0, 0.05) is 23.7 Å². The van der Waals surface area contributed by atoms with Crippen LogP contribution in [0.1, 0.15) is 31.7 Å². The smallest absolute Gasteiger partial charge is 0.411 e. The van der Waals surface area contributed by atoms with E-state index in [1.165, 1.54) is 16.7 Å². The van der Waals surface area contributed by atoms with Gasteiger partial charge in [0.25, 0.3) is 10.1 Å². The minimum atomic E-state index is -3.58. The molecule has 9 heteroatoms. The molecule has 7 nitrogen and oxygen atoms in total. The Balaban J connectivity index is 2.23. The topological polar surface area (TPSA) is 85.8 Å². The number of hydrogen-bond acceptors (Lipinski definition) is 7.